The lowest BCUT2D eigenvalue weighted by Gasteiger charge is -1.97. The van der Waals surface area contributed by atoms with Crippen LogP contribution in [0, 0.1) is 21.0 Å². The average Bonchev–Trinajstić information content (AvgIpc) is 2.32. The van der Waals surface area contributed by atoms with Crippen molar-refractivity contribution in [3.05, 3.63) is 64.7 Å². The molecule has 18 heavy (non-hydrogen) atoms. The van der Waals surface area contributed by atoms with Crippen LogP contribution < -0.4 is 0 Å². The van der Waals surface area contributed by atoms with Gasteiger partial charge >= 0.3 is 0 Å². The SMILES string of the molecule is Cc1c(Cl)cccc1I.Cc1ccc(I)cc1Cl. The predicted octanol–water partition coefficient (Wildman–Crippen LogP) is 6.51. The molecule has 4 heteroatoms. The summed E-state index contributed by atoms with van der Waals surface area (Å²) in [5.74, 6) is 0. The van der Waals surface area contributed by atoms with Gasteiger partial charge in [0.2, 0.25) is 0 Å². The molecule has 96 valence electrons. The fourth-order valence-electron chi connectivity index (χ4n) is 1.15. The Labute approximate surface area is 145 Å². The molecule has 0 atom stereocenters. The minimum atomic E-state index is 0.849. The van der Waals surface area contributed by atoms with Gasteiger partial charge in [-0.1, -0.05) is 35.3 Å². The first kappa shape index (κ1) is 16.5. The molecule has 0 heterocycles. The molecule has 0 radical (unpaired) electrons. The normalized spacial score (nSPS) is 9.67. The highest BCUT2D eigenvalue weighted by Crippen LogP contribution is 2.19. The Morgan fingerprint density at radius 2 is 1.56 bits per heavy atom. The molecule has 0 aliphatic rings. The van der Waals surface area contributed by atoms with E-state index in [4.69, 9.17) is 23.2 Å². The van der Waals surface area contributed by atoms with Gasteiger partial charge in [-0.2, -0.15) is 0 Å². The molecule has 2 aromatic carbocycles. The third-order valence-electron chi connectivity index (χ3n) is 2.34. The Balaban J connectivity index is 0.000000180. The summed E-state index contributed by atoms with van der Waals surface area (Å²) in [6.45, 7) is 4.02. The quantitative estimate of drug-likeness (QED) is 0.359. The molecular weight excluding hydrogens is 493 g/mol. The van der Waals surface area contributed by atoms with E-state index in [1.54, 1.807) is 0 Å². The van der Waals surface area contributed by atoms with Crippen LogP contribution in [-0.2, 0) is 0 Å². The van der Waals surface area contributed by atoms with E-state index in [0.29, 0.717) is 0 Å². The van der Waals surface area contributed by atoms with Crippen molar-refractivity contribution in [3.63, 3.8) is 0 Å². The van der Waals surface area contributed by atoms with Gasteiger partial charge in [-0.05, 0) is 94.4 Å². The molecule has 0 bridgehead atoms. The van der Waals surface area contributed by atoms with Gasteiger partial charge in [0.1, 0.15) is 0 Å². The third kappa shape index (κ3) is 5.23. The summed E-state index contributed by atoms with van der Waals surface area (Å²) in [5, 5.41) is 1.70. The Morgan fingerprint density at radius 1 is 0.889 bits per heavy atom. The molecule has 2 rings (SSSR count). The smallest absolute Gasteiger partial charge is 0.0445 e. The lowest BCUT2D eigenvalue weighted by atomic mass is 10.2. The number of halogens is 4. The zero-order valence-electron chi connectivity index (χ0n) is 9.98. The van der Waals surface area contributed by atoms with Crippen molar-refractivity contribution in [2.24, 2.45) is 0 Å². The van der Waals surface area contributed by atoms with E-state index in [1.165, 1.54) is 12.7 Å². The van der Waals surface area contributed by atoms with Crippen LogP contribution >= 0.6 is 68.4 Å². The van der Waals surface area contributed by atoms with Gasteiger partial charge in [0.25, 0.3) is 0 Å². The van der Waals surface area contributed by atoms with Crippen molar-refractivity contribution >= 4 is 68.4 Å². The maximum Gasteiger partial charge on any atom is 0.0445 e. The third-order valence-corrected chi connectivity index (χ3v) is 4.99. The first-order chi connectivity index (χ1) is 8.41. The van der Waals surface area contributed by atoms with Gasteiger partial charge in [0.15, 0.2) is 0 Å². The molecule has 0 amide bonds. The van der Waals surface area contributed by atoms with Crippen molar-refractivity contribution in [1.82, 2.24) is 0 Å². The molecule has 2 aromatic rings. The zero-order chi connectivity index (χ0) is 13.7. The van der Waals surface area contributed by atoms with Gasteiger partial charge < -0.3 is 0 Å². The van der Waals surface area contributed by atoms with Crippen molar-refractivity contribution in [1.29, 1.82) is 0 Å². The molecule has 0 aliphatic carbocycles. The van der Waals surface area contributed by atoms with Gasteiger partial charge in [-0.3, -0.25) is 0 Å². The summed E-state index contributed by atoms with van der Waals surface area (Å²) < 4.78 is 2.41. The van der Waals surface area contributed by atoms with Gasteiger partial charge in [-0.15, -0.1) is 0 Å². The van der Waals surface area contributed by atoms with Crippen molar-refractivity contribution < 1.29 is 0 Å². The van der Waals surface area contributed by atoms with Gasteiger partial charge in [0, 0.05) is 17.2 Å². The summed E-state index contributed by atoms with van der Waals surface area (Å²) in [5.41, 5.74) is 2.30. The van der Waals surface area contributed by atoms with Crippen LogP contribution in [0.15, 0.2) is 36.4 Å². The van der Waals surface area contributed by atoms with Crippen molar-refractivity contribution in [2.75, 3.05) is 0 Å². The van der Waals surface area contributed by atoms with Crippen LogP contribution in [0.2, 0.25) is 10.0 Å². The monoisotopic (exact) mass is 504 g/mol. The van der Waals surface area contributed by atoms with Crippen LogP contribution in [0.1, 0.15) is 11.1 Å². The van der Waals surface area contributed by atoms with E-state index >= 15 is 0 Å². The largest absolute Gasteiger partial charge is 0.0840 e. The minimum Gasteiger partial charge on any atom is -0.0840 e. The summed E-state index contributed by atoms with van der Waals surface area (Å²) in [4.78, 5) is 0. The Bertz CT molecular complexity index is 519. The number of aryl methyl sites for hydroxylation is 1. The summed E-state index contributed by atoms with van der Waals surface area (Å²) >= 11 is 16.1. The molecule has 0 unspecified atom stereocenters. The van der Waals surface area contributed by atoms with Crippen molar-refractivity contribution in [2.45, 2.75) is 13.8 Å². The van der Waals surface area contributed by atoms with E-state index < -0.39 is 0 Å². The molecule has 0 N–H and O–H groups in total. The molecule has 0 aromatic heterocycles. The second-order valence-electron chi connectivity index (χ2n) is 3.74. The molecule has 0 fully saturated rings. The van der Waals surface area contributed by atoms with Crippen LogP contribution in [-0.4, -0.2) is 0 Å². The zero-order valence-corrected chi connectivity index (χ0v) is 15.8. The summed E-state index contributed by atoms with van der Waals surface area (Å²) in [6.07, 6.45) is 0. The average molecular weight is 505 g/mol. The molecule has 0 spiro atoms. The lowest BCUT2D eigenvalue weighted by molar-refractivity contribution is 1.43. The predicted molar refractivity (Wildman–Crippen MR) is 97.8 cm³/mol. The summed E-state index contributed by atoms with van der Waals surface area (Å²) in [6, 6.07) is 11.9. The molecule has 0 aliphatic heterocycles. The number of benzene rings is 2. The Morgan fingerprint density at radius 3 is 2.00 bits per heavy atom. The van der Waals surface area contributed by atoms with E-state index in [2.05, 4.69) is 45.2 Å². The lowest BCUT2D eigenvalue weighted by Crippen LogP contribution is -1.78. The minimum absolute atomic E-state index is 0.849. The number of hydrogen-bond acceptors (Lipinski definition) is 0. The first-order valence-corrected chi connectivity index (χ1v) is 8.15. The van der Waals surface area contributed by atoms with E-state index in [9.17, 15) is 0 Å². The fourth-order valence-corrected chi connectivity index (χ4v) is 2.84. The molecule has 0 saturated carbocycles. The molecular formula is C14H12Cl2I2. The topological polar surface area (TPSA) is 0 Å². The summed E-state index contributed by atoms with van der Waals surface area (Å²) in [7, 11) is 0. The fraction of sp³-hybridized carbons (Fsp3) is 0.143. The number of hydrogen-bond donors (Lipinski definition) is 0. The highest BCUT2D eigenvalue weighted by Gasteiger charge is 1.95. The molecule has 0 nitrogen and oxygen atoms in total. The van der Waals surface area contributed by atoms with Crippen LogP contribution in [0.4, 0.5) is 0 Å². The first-order valence-electron chi connectivity index (χ1n) is 5.24. The number of rotatable bonds is 0. The van der Waals surface area contributed by atoms with Crippen LogP contribution in [0.5, 0.6) is 0 Å². The Hall–Kier alpha value is 0.480. The van der Waals surface area contributed by atoms with Crippen LogP contribution in [0.3, 0.4) is 0 Å². The maximum absolute atomic E-state index is 5.81. The van der Waals surface area contributed by atoms with E-state index in [-0.39, 0.29) is 0 Å². The van der Waals surface area contributed by atoms with E-state index in [1.807, 2.05) is 50.2 Å². The Kier molecular flexibility index (Phi) is 7.28. The highest BCUT2D eigenvalue weighted by molar-refractivity contribution is 14.1. The second kappa shape index (κ2) is 7.92. The van der Waals surface area contributed by atoms with E-state index in [0.717, 1.165) is 15.6 Å². The standard InChI is InChI=1S/2C7H6ClI/c1-5-2-3-6(9)4-7(5)8;1-5-6(8)3-2-4-7(5)9/h2*2-4H,1H3. The molecule has 0 saturated heterocycles. The van der Waals surface area contributed by atoms with Crippen molar-refractivity contribution in [3.8, 4) is 0 Å². The van der Waals surface area contributed by atoms with Gasteiger partial charge in [0.05, 0.1) is 0 Å². The second-order valence-corrected chi connectivity index (χ2v) is 6.96. The van der Waals surface area contributed by atoms with Crippen LogP contribution in [0.25, 0.3) is 0 Å². The maximum atomic E-state index is 5.81. The van der Waals surface area contributed by atoms with Gasteiger partial charge in [-0.25, -0.2) is 0 Å². The highest BCUT2D eigenvalue weighted by atomic mass is 127.